The number of nitrogens with zero attached hydrogens (tertiary/aromatic N) is 2. The summed E-state index contributed by atoms with van der Waals surface area (Å²) in [5.41, 5.74) is 15.3. The summed E-state index contributed by atoms with van der Waals surface area (Å²) in [5.74, 6) is 1.07. The normalized spacial score (nSPS) is 14.3. The summed E-state index contributed by atoms with van der Waals surface area (Å²) in [5, 5.41) is 0. The average Bonchev–Trinajstić information content (AvgIpc) is 1.89. The van der Waals surface area contributed by atoms with E-state index in [1.165, 1.54) is 0 Å². The number of rotatable bonds is 10. The molecule has 9 aromatic rings. The summed E-state index contributed by atoms with van der Waals surface area (Å²) in [4.78, 5) is 44.8. The van der Waals surface area contributed by atoms with Crippen LogP contribution in [0.3, 0.4) is 0 Å². The van der Waals surface area contributed by atoms with Gasteiger partial charge in [0.15, 0.2) is 23.0 Å². The molecule has 0 fully saturated rings. The van der Waals surface area contributed by atoms with Crippen LogP contribution in [0.4, 0.5) is 0 Å². The summed E-state index contributed by atoms with van der Waals surface area (Å²) in [6, 6.07) is 59.6. The number of benzene rings is 6. The van der Waals surface area contributed by atoms with Gasteiger partial charge >= 0.3 is 11.9 Å². The molecular formula is C73H66N4O12. The fourth-order valence-corrected chi connectivity index (χ4v) is 10.6. The van der Waals surface area contributed by atoms with Crippen LogP contribution in [-0.4, -0.2) is 111 Å². The van der Waals surface area contributed by atoms with E-state index in [9.17, 15) is 9.59 Å². The molecule has 12 rings (SSSR count). The van der Waals surface area contributed by atoms with Crippen LogP contribution >= 0.6 is 0 Å². The molecule has 8 bridgehead atoms. The molecule has 3 aliphatic rings. The Labute approximate surface area is 515 Å². The topological polar surface area (TPSA) is 184 Å². The Morgan fingerprint density at radius 2 is 0.708 bits per heavy atom. The number of hydrogen-bond acceptors (Lipinski definition) is 14. The van der Waals surface area contributed by atoms with Crippen LogP contribution in [0.2, 0.25) is 0 Å². The van der Waals surface area contributed by atoms with Crippen molar-refractivity contribution < 1.29 is 57.0 Å². The molecule has 3 aliphatic heterocycles. The lowest BCUT2D eigenvalue weighted by molar-refractivity contribution is -0.148. The molecule has 0 unspecified atom stereocenters. The molecule has 6 heterocycles. The minimum absolute atomic E-state index is 0.00650. The van der Waals surface area contributed by atoms with Gasteiger partial charge in [-0.3, -0.25) is 9.59 Å². The molecule has 0 amide bonds. The van der Waals surface area contributed by atoms with Gasteiger partial charge in [-0.2, -0.15) is 0 Å². The van der Waals surface area contributed by atoms with Crippen molar-refractivity contribution in [2.45, 2.75) is 19.4 Å². The van der Waals surface area contributed by atoms with Gasteiger partial charge < -0.3 is 57.3 Å². The number of ether oxygens (including phenoxy) is 10. The smallest absolute Gasteiger partial charge is 0.311 e. The Morgan fingerprint density at radius 1 is 0.360 bits per heavy atom. The molecule has 3 aromatic heterocycles. The lowest BCUT2D eigenvalue weighted by Gasteiger charge is -2.15. The van der Waals surface area contributed by atoms with Crippen LogP contribution in [0.25, 0.3) is 90.9 Å². The zero-order valence-electron chi connectivity index (χ0n) is 49.0. The number of para-hydroxylation sites is 2. The van der Waals surface area contributed by atoms with Crippen LogP contribution in [0, 0.1) is 0 Å². The second-order valence-corrected chi connectivity index (χ2v) is 20.8. The van der Waals surface area contributed by atoms with E-state index in [1.54, 1.807) is 18.2 Å². The fourth-order valence-electron chi connectivity index (χ4n) is 10.6. The number of aromatic amines is 2. The molecule has 2 N–H and O–H groups in total. The molecule has 89 heavy (non-hydrogen) atoms. The van der Waals surface area contributed by atoms with Gasteiger partial charge in [-0.25, -0.2) is 9.97 Å². The number of carbonyl (C=O) groups excluding carboxylic acids is 2. The molecule has 450 valence electrons. The number of hydrogen-bond donors (Lipinski definition) is 2. The molecule has 0 saturated carbocycles. The molecular weight excluding hydrogens is 1120 g/mol. The summed E-state index contributed by atoms with van der Waals surface area (Å²) in [6.45, 7) is 3.82. The zero-order chi connectivity index (χ0) is 60.4. The standard InChI is InChI=1S/C73H66N4O12/c78-68(34-35-69(79)89-55-24-33-66-67(48-55)87-47-43-83-39-38-81-41-45-85-65-19-11-10-18-64(65)84-44-40-80-36-37-82-42-46-86-66)88-49-50-20-22-54(23-21-50)73-62-31-29-60(76-62)71(52-14-6-2-7-15-52)58-27-25-56(74-58)70(51-12-4-1-5-13-51)57-26-28-59(75-57)72(53-16-8-3-9-17-53)61-30-32-63(73)77-61/h1-33,48,74,77H,34-47,49H2. The quantitative estimate of drug-likeness (QED) is 0.0974. The minimum Gasteiger partial charge on any atom is -0.487 e. The second-order valence-electron chi connectivity index (χ2n) is 20.8. The molecule has 6 aromatic carbocycles. The SMILES string of the molecule is O=C(CCC(=O)Oc1ccc2c(c1)OCCOCCOCCOc1ccccc1OCCOCCOCCO2)OCc1ccc(-c2c3nc(c(-c4ccccc4)c4ccc([nH]4)c(-c4ccccc4)c4nc(c(-c5ccccc5)c5ccc2[nH]5)C=C4)C=C3)cc1. The van der Waals surface area contributed by atoms with E-state index in [1.807, 2.05) is 91.0 Å². The van der Waals surface area contributed by atoms with Gasteiger partial charge in [0, 0.05) is 50.4 Å². The van der Waals surface area contributed by atoms with Gasteiger partial charge in [-0.1, -0.05) is 127 Å². The number of H-pyrrole nitrogens is 2. The van der Waals surface area contributed by atoms with Crippen LogP contribution in [-0.2, 0) is 39.9 Å². The first-order valence-electron chi connectivity index (χ1n) is 29.8. The number of aromatic nitrogens is 4. The van der Waals surface area contributed by atoms with Crippen molar-refractivity contribution in [1.29, 1.82) is 0 Å². The maximum Gasteiger partial charge on any atom is 0.311 e. The van der Waals surface area contributed by atoms with Gasteiger partial charge in [0.05, 0.1) is 88.5 Å². The largest absolute Gasteiger partial charge is 0.487 e. The predicted molar refractivity (Wildman–Crippen MR) is 343 cm³/mol. The van der Waals surface area contributed by atoms with Crippen molar-refractivity contribution in [3.8, 4) is 73.3 Å². The minimum atomic E-state index is -0.619. The molecule has 16 heteroatoms. The first kappa shape index (κ1) is 59.2. The molecule has 0 radical (unpaired) electrons. The number of carbonyl (C=O) groups is 2. The van der Waals surface area contributed by atoms with Crippen molar-refractivity contribution in [2.75, 3.05) is 79.3 Å². The van der Waals surface area contributed by atoms with Crippen LogP contribution in [0.1, 0.15) is 41.2 Å². The lowest BCUT2D eigenvalue weighted by atomic mass is 10.0. The zero-order valence-corrected chi connectivity index (χ0v) is 49.0. The Hall–Kier alpha value is -10.1. The second kappa shape index (κ2) is 29.5. The van der Waals surface area contributed by atoms with Crippen molar-refractivity contribution in [3.63, 3.8) is 0 Å². The van der Waals surface area contributed by atoms with Crippen molar-refractivity contribution in [2.24, 2.45) is 0 Å². The van der Waals surface area contributed by atoms with Crippen LogP contribution in [0.5, 0.6) is 28.7 Å². The fraction of sp³-hybridized carbons (Fsp3) is 0.205. The number of nitrogens with one attached hydrogen (secondary N) is 2. The highest BCUT2D eigenvalue weighted by atomic mass is 16.6. The maximum atomic E-state index is 13.2. The van der Waals surface area contributed by atoms with Crippen molar-refractivity contribution in [3.05, 3.63) is 210 Å². The Kier molecular flexibility index (Phi) is 19.7. The van der Waals surface area contributed by atoms with E-state index in [0.29, 0.717) is 82.5 Å². The molecule has 0 atom stereocenters. The van der Waals surface area contributed by atoms with Gasteiger partial charge in [-0.15, -0.1) is 0 Å². The van der Waals surface area contributed by atoms with E-state index < -0.39 is 11.9 Å². The van der Waals surface area contributed by atoms with E-state index >= 15 is 0 Å². The highest BCUT2D eigenvalue weighted by molar-refractivity contribution is 6.00. The highest BCUT2D eigenvalue weighted by Gasteiger charge is 2.20. The average molecular weight is 1190 g/mol. The van der Waals surface area contributed by atoms with E-state index in [2.05, 4.69) is 107 Å². The van der Waals surface area contributed by atoms with Crippen molar-refractivity contribution in [1.82, 2.24) is 19.9 Å². The third-order valence-electron chi connectivity index (χ3n) is 14.8. The third kappa shape index (κ3) is 15.2. The Balaban J connectivity index is 0.732. The highest BCUT2D eigenvalue weighted by Crippen LogP contribution is 2.39. The predicted octanol–water partition coefficient (Wildman–Crippen LogP) is 14.0. The van der Waals surface area contributed by atoms with Gasteiger partial charge in [0.2, 0.25) is 0 Å². The lowest BCUT2D eigenvalue weighted by Crippen LogP contribution is -2.16. The first-order chi connectivity index (χ1) is 44.0. The maximum absolute atomic E-state index is 13.2. The molecule has 16 nitrogen and oxygen atoms in total. The Morgan fingerprint density at radius 3 is 1.12 bits per heavy atom. The van der Waals surface area contributed by atoms with Gasteiger partial charge in [-0.05, 0) is 101 Å². The van der Waals surface area contributed by atoms with E-state index in [4.69, 9.17) is 57.3 Å². The van der Waals surface area contributed by atoms with E-state index in [-0.39, 0.29) is 45.0 Å². The van der Waals surface area contributed by atoms with Crippen molar-refractivity contribution >= 4 is 58.3 Å². The van der Waals surface area contributed by atoms with Gasteiger partial charge in [0.25, 0.3) is 0 Å². The van der Waals surface area contributed by atoms with Gasteiger partial charge in [0.1, 0.15) is 38.8 Å². The molecule has 0 aliphatic carbocycles. The third-order valence-corrected chi connectivity index (χ3v) is 14.8. The monoisotopic (exact) mass is 1190 g/mol. The van der Waals surface area contributed by atoms with E-state index in [0.717, 1.165) is 94.9 Å². The summed E-state index contributed by atoms with van der Waals surface area (Å²) in [7, 11) is 0. The first-order valence-corrected chi connectivity index (χ1v) is 29.8. The summed E-state index contributed by atoms with van der Waals surface area (Å²) in [6.07, 6.45) is 7.92. The Bertz CT molecular complexity index is 4090. The summed E-state index contributed by atoms with van der Waals surface area (Å²) < 4.78 is 58.0. The summed E-state index contributed by atoms with van der Waals surface area (Å²) >= 11 is 0. The molecule has 0 spiro atoms. The number of fused-ring (bicyclic) bond motifs is 10. The molecule has 0 saturated heterocycles. The number of esters is 2. The van der Waals surface area contributed by atoms with Crippen LogP contribution in [0.15, 0.2) is 182 Å². The van der Waals surface area contributed by atoms with Crippen LogP contribution < -0.4 is 23.7 Å².